The molecule has 1 aromatic rings. The molecule has 1 N–H and O–H groups in total. The summed E-state index contributed by atoms with van der Waals surface area (Å²) in [5.74, 6) is 1.87. The van der Waals surface area contributed by atoms with E-state index in [0.717, 1.165) is 19.6 Å². The molecule has 0 saturated carbocycles. The number of hydrogen-bond donors (Lipinski definition) is 1. The molecule has 1 rings (SSSR count). The smallest absolute Gasteiger partial charge is 0.0245 e. The second kappa shape index (κ2) is 9.88. The van der Waals surface area contributed by atoms with Gasteiger partial charge >= 0.3 is 0 Å². The van der Waals surface area contributed by atoms with Crippen molar-refractivity contribution in [1.82, 2.24) is 10.2 Å². The van der Waals surface area contributed by atoms with E-state index in [4.69, 9.17) is 0 Å². The van der Waals surface area contributed by atoms with Crippen LogP contribution in [0.15, 0.2) is 22.7 Å². The van der Waals surface area contributed by atoms with Crippen molar-refractivity contribution in [2.45, 2.75) is 39.9 Å². The summed E-state index contributed by atoms with van der Waals surface area (Å²) < 4.78 is 1.22. The van der Waals surface area contributed by atoms with Crippen molar-refractivity contribution < 1.29 is 0 Å². The van der Waals surface area contributed by atoms with Crippen LogP contribution in [0.4, 0.5) is 0 Å². The lowest BCUT2D eigenvalue weighted by Gasteiger charge is -2.24. The molecule has 0 saturated heterocycles. The molecule has 0 aliphatic carbocycles. The second-order valence-corrected chi connectivity index (χ2v) is 7.94. The average molecular weight is 373 g/mol. The fraction of sp³-hybridized carbons (Fsp3) is 0.647. The summed E-state index contributed by atoms with van der Waals surface area (Å²) in [4.78, 5) is 2.41. The van der Waals surface area contributed by atoms with Crippen molar-refractivity contribution in [1.29, 1.82) is 0 Å². The van der Waals surface area contributed by atoms with Gasteiger partial charge in [0.05, 0.1) is 0 Å². The van der Waals surface area contributed by atoms with Crippen LogP contribution in [0.2, 0.25) is 0 Å². The average Bonchev–Trinajstić information content (AvgIpc) is 2.41. The molecule has 0 aliphatic rings. The molecule has 1 atom stereocenters. The monoisotopic (exact) mass is 372 g/mol. The standard InChI is InChI=1S/C17H29BrN2S/c1-13(2)9-19-10-15-6-7-16(17(18)8-15)11-20(4)14(3)12-21-5/h6-8,13-14,19H,9-12H2,1-5H3. The van der Waals surface area contributed by atoms with Crippen LogP contribution < -0.4 is 5.32 Å². The van der Waals surface area contributed by atoms with Crippen molar-refractivity contribution in [3.05, 3.63) is 33.8 Å². The molecule has 0 fully saturated rings. The lowest BCUT2D eigenvalue weighted by atomic mass is 10.1. The van der Waals surface area contributed by atoms with Crippen LogP contribution >= 0.6 is 27.7 Å². The lowest BCUT2D eigenvalue weighted by Crippen LogP contribution is -2.30. The van der Waals surface area contributed by atoms with Gasteiger partial charge in [0.1, 0.15) is 0 Å². The van der Waals surface area contributed by atoms with Gasteiger partial charge in [0.25, 0.3) is 0 Å². The van der Waals surface area contributed by atoms with Gasteiger partial charge in [0.2, 0.25) is 0 Å². The summed E-state index contributed by atoms with van der Waals surface area (Å²) in [7, 11) is 2.20. The molecule has 120 valence electrons. The van der Waals surface area contributed by atoms with E-state index in [2.05, 4.69) is 78.4 Å². The molecule has 2 nitrogen and oxygen atoms in total. The van der Waals surface area contributed by atoms with Crippen LogP contribution in [0.25, 0.3) is 0 Å². The van der Waals surface area contributed by atoms with E-state index in [0.29, 0.717) is 12.0 Å². The van der Waals surface area contributed by atoms with E-state index in [-0.39, 0.29) is 0 Å². The maximum Gasteiger partial charge on any atom is 0.0245 e. The number of nitrogens with one attached hydrogen (secondary N) is 1. The Labute approximate surface area is 143 Å². The maximum absolute atomic E-state index is 3.72. The fourth-order valence-electron chi connectivity index (χ4n) is 2.13. The highest BCUT2D eigenvalue weighted by atomic mass is 79.9. The maximum atomic E-state index is 3.72. The van der Waals surface area contributed by atoms with Gasteiger partial charge in [-0.25, -0.2) is 0 Å². The molecule has 0 aliphatic heterocycles. The molecule has 0 bridgehead atoms. The van der Waals surface area contributed by atoms with Crippen molar-refractivity contribution in [3.63, 3.8) is 0 Å². The van der Waals surface area contributed by atoms with E-state index in [1.54, 1.807) is 0 Å². The molecule has 0 amide bonds. The van der Waals surface area contributed by atoms with E-state index in [9.17, 15) is 0 Å². The number of nitrogens with zero attached hydrogens (tertiary/aromatic N) is 1. The third-order valence-corrected chi connectivity index (χ3v) is 5.13. The van der Waals surface area contributed by atoms with Crippen LogP contribution in [0.3, 0.4) is 0 Å². The summed E-state index contributed by atoms with van der Waals surface area (Å²) in [5.41, 5.74) is 2.70. The summed E-state index contributed by atoms with van der Waals surface area (Å²) in [6, 6.07) is 7.33. The summed E-state index contributed by atoms with van der Waals surface area (Å²) in [5, 5.41) is 3.49. The minimum atomic E-state index is 0.597. The van der Waals surface area contributed by atoms with Crippen LogP contribution in [0.1, 0.15) is 31.9 Å². The molecule has 0 radical (unpaired) electrons. The zero-order chi connectivity index (χ0) is 15.8. The van der Waals surface area contributed by atoms with Gasteiger partial charge in [0, 0.05) is 29.4 Å². The molecule has 4 heteroatoms. The van der Waals surface area contributed by atoms with Crippen molar-refractivity contribution in [2.75, 3.05) is 25.6 Å². The van der Waals surface area contributed by atoms with Crippen LogP contribution in [-0.2, 0) is 13.1 Å². The predicted octanol–water partition coefficient (Wildman–Crippen LogP) is 4.38. The van der Waals surface area contributed by atoms with Gasteiger partial charge in [-0.15, -0.1) is 0 Å². The Kier molecular flexibility index (Phi) is 8.95. The molecule has 0 spiro atoms. The number of thioether (sulfide) groups is 1. The Morgan fingerprint density at radius 3 is 2.57 bits per heavy atom. The van der Waals surface area contributed by atoms with E-state index in [1.165, 1.54) is 21.4 Å². The van der Waals surface area contributed by atoms with Crippen molar-refractivity contribution in [2.24, 2.45) is 5.92 Å². The van der Waals surface area contributed by atoms with Crippen LogP contribution in [0.5, 0.6) is 0 Å². The minimum absolute atomic E-state index is 0.597. The Bertz CT molecular complexity index is 423. The number of benzene rings is 1. The van der Waals surface area contributed by atoms with E-state index >= 15 is 0 Å². The third kappa shape index (κ3) is 7.18. The zero-order valence-corrected chi connectivity index (χ0v) is 16.4. The van der Waals surface area contributed by atoms with Gasteiger partial charge < -0.3 is 5.32 Å². The molecular weight excluding hydrogens is 344 g/mol. The van der Waals surface area contributed by atoms with Gasteiger partial charge in [0.15, 0.2) is 0 Å². The summed E-state index contributed by atoms with van der Waals surface area (Å²) in [6.07, 6.45) is 2.17. The van der Waals surface area contributed by atoms with Crippen molar-refractivity contribution >= 4 is 27.7 Å². The van der Waals surface area contributed by atoms with Crippen LogP contribution in [0, 0.1) is 5.92 Å². The van der Waals surface area contributed by atoms with Gasteiger partial charge in [-0.2, -0.15) is 11.8 Å². The van der Waals surface area contributed by atoms with Crippen LogP contribution in [-0.4, -0.2) is 36.5 Å². The first-order valence-corrected chi connectivity index (χ1v) is 9.80. The molecular formula is C17H29BrN2S. The Morgan fingerprint density at radius 2 is 2.00 bits per heavy atom. The lowest BCUT2D eigenvalue weighted by molar-refractivity contribution is 0.269. The molecule has 1 unspecified atom stereocenters. The normalized spacial score (nSPS) is 13.1. The minimum Gasteiger partial charge on any atom is -0.312 e. The van der Waals surface area contributed by atoms with Gasteiger partial charge in [-0.05, 0) is 49.9 Å². The van der Waals surface area contributed by atoms with Gasteiger partial charge in [-0.1, -0.05) is 41.9 Å². The topological polar surface area (TPSA) is 15.3 Å². The van der Waals surface area contributed by atoms with Crippen molar-refractivity contribution in [3.8, 4) is 0 Å². The number of halogens is 1. The number of rotatable bonds is 9. The first-order valence-electron chi connectivity index (χ1n) is 7.61. The van der Waals surface area contributed by atoms with E-state index in [1.807, 2.05) is 11.8 Å². The SMILES string of the molecule is CSCC(C)N(C)Cc1ccc(CNCC(C)C)cc1Br. The highest BCUT2D eigenvalue weighted by Gasteiger charge is 2.11. The fourth-order valence-corrected chi connectivity index (χ4v) is 3.42. The summed E-state index contributed by atoms with van der Waals surface area (Å²) in [6.45, 7) is 9.75. The first-order chi connectivity index (χ1) is 9.93. The predicted molar refractivity (Wildman–Crippen MR) is 100.0 cm³/mol. The highest BCUT2D eigenvalue weighted by Crippen LogP contribution is 2.21. The molecule has 0 heterocycles. The number of hydrogen-bond acceptors (Lipinski definition) is 3. The Hall–Kier alpha value is -0.0300. The first kappa shape index (κ1) is 19.0. The highest BCUT2D eigenvalue weighted by molar-refractivity contribution is 9.10. The molecule has 1 aromatic carbocycles. The third-order valence-electron chi connectivity index (χ3n) is 3.58. The second-order valence-electron chi connectivity index (χ2n) is 6.17. The quantitative estimate of drug-likeness (QED) is 0.692. The molecule has 21 heavy (non-hydrogen) atoms. The molecule has 0 aromatic heterocycles. The largest absolute Gasteiger partial charge is 0.312 e. The Morgan fingerprint density at radius 1 is 1.29 bits per heavy atom. The zero-order valence-electron chi connectivity index (χ0n) is 13.9. The summed E-state index contributed by atoms with van der Waals surface area (Å²) >= 11 is 5.63. The Balaban J connectivity index is 2.57. The van der Waals surface area contributed by atoms with Gasteiger partial charge in [-0.3, -0.25) is 4.90 Å². The van der Waals surface area contributed by atoms with E-state index < -0.39 is 0 Å².